The highest BCUT2D eigenvalue weighted by molar-refractivity contribution is 5.24. The van der Waals surface area contributed by atoms with E-state index in [1.54, 1.807) is 0 Å². The fraction of sp³-hybridized carbons (Fsp3) is 0.467. The zero-order chi connectivity index (χ0) is 14.5. The maximum absolute atomic E-state index is 6.06. The molecule has 108 valence electrons. The van der Waals surface area contributed by atoms with Crippen LogP contribution in [0.3, 0.4) is 0 Å². The average molecular weight is 274 g/mol. The Balaban J connectivity index is 2.18. The highest BCUT2D eigenvalue weighted by atomic mass is 16.5. The van der Waals surface area contributed by atoms with E-state index < -0.39 is 0 Å². The molecule has 1 aromatic carbocycles. The molecule has 2 N–H and O–H groups in total. The van der Waals surface area contributed by atoms with Crippen LogP contribution in [0, 0.1) is 0 Å². The first-order valence-electron chi connectivity index (χ1n) is 6.90. The van der Waals surface area contributed by atoms with Crippen LogP contribution in [0.5, 0.6) is 0 Å². The summed E-state index contributed by atoms with van der Waals surface area (Å²) in [4.78, 5) is 6.49. The number of likely N-dealkylation sites (N-methyl/N-ethyl adjacent to an activating group) is 1. The van der Waals surface area contributed by atoms with Crippen molar-refractivity contribution in [3.05, 3.63) is 47.6 Å². The second kappa shape index (κ2) is 6.63. The third-order valence-corrected chi connectivity index (χ3v) is 3.26. The van der Waals surface area contributed by atoms with Crippen molar-refractivity contribution in [2.24, 2.45) is 5.73 Å². The smallest absolute Gasteiger partial charge is 0.234 e. The van der Waals surface area contributed by atoms with Gasteiger partial charge in [0.15, 0.2) is 5.82 Å². The van der Waals surface area contributed by atoms with Gasteiger partial charge in [-0.15, -0.1) is 0 Å². The molecular weight excluding hydrogens is 252 g/mol. The predicted octanol–water partition coefficient (Wildman–Crippen LogP) is 2.17. The number of nitrogens with zero attached hydrogens (tertiary/aromatic N) is 3. The van der Waals surface area contributed by atoms with Gasteiger partial charge in [0.2, 0.25) is 5.89 Å². The van der Waals surface area contributed by atoms with Gasteiger partial charge in [-0.1, -0.05) is 42.4 Å². The van der Waals surface area contributed by atoms with E-state index in [2.05, 4.69) is 29.2 Å². The quantitative estimate of drug-likeness (QED) is 0.874. The minimum absolute atomic E-state index is 0.129. The van der Waals surface area contributed by atoms with Crippen molar-refractivity contribution in [1.29, 1.82) is 0 Å². The van der Waals surface area contributed by atoms with Crippen molar-refractivity contribution in [3.63, 3.8) is 0 Å². The first-order chi connectivity index (χ1) is 9.61. The van der Waals surface area contributed by atoms with Crippen LogP contribution in [0.1, 0.15) is 42.6 Å². The number of aromatic nitrogens is 2. The van der Waals surface area contributed by atoms with Crippen LogP contribution in [0.25, 0.3) is 0 Å². The fourth-order valence-electron chi connectivity index (χ4n) is 2.25. The molecule has 0 radical (unpaired) electrons. The second-order valence-electron chi connectivity index (χ2n) is 5.23. The van der Waals surface area contributed by atoms with Gasteiger partial charge in [0.05, 0.1) is 12.0 Å². The van der Waals surface area contributed by atoms with Crippen molar-refractivity contribution >= 4 is 0 Å². The van der Waals surface area contributed by atoms with Crippen molar-refractivity contribution in [3.8, 4) is 0 Å². The highest BCUT2D eigenvalue weighted by Gasteiger charge is 2.21. The topological polar surface area (TPSA) is 68.2 Å². The third-order valence-electron chi connectivity index (χ3n) is 3.26. The van der Waals surface area contributed by atoms with Crippen molar-refractivity contribution < 1.29 is 4.52 Å². The molecular formula is C15H22N4O. The van der Waals surface area contributed by atoms with Crippen LogP contribution in [0.15, 0.2) is 34.9 Å². The summed E-state index contributed by atoms with van der Waals surface area (Å²) in [6.07, 6.45) is 0.911. The van der Waals surface area contributed by atoms with Gasteiger partial charge in [-0.05, 0) is 26.1 Å². The number of hydrogen-bond acceptors (Lipinski definition) is 5. The fourth-order valence-corrected chi connectivity index (χ4v) is 2.25. The summed E-state index contributed by atoms with van der Waals surface area (Å²) in [5.74, 6) is 1.34. The van der Waals surface area contributed by atoms with E-state index in [0.717, 1.165) is 6.42 Å². The van der Waals surface area contributed by atoms with Gasteiger partial charge in [-0.25, -0.2) is 0 Å². The predicted molar refractivity (Wildman–Crippen MR) is 78.4 cm³/mol. The summed E-state index contributed by atoms with van der Waals surface area (Å²) in [7, 11) is 3.94. The highest BCUT2D eigenvalue weighted by Crippen LogP contribution is 2.26. The SMILES string of the molecule is CCC(c1ccccc1)c1nc(C(N)CN(C)C)no1. The molecule has 2 aromatic rings. The lowest BCUT2D eigenvalue weighted by molar-refractivity contribution is 0.340. The Morgan fingerprint density at radius 3 is 2.55 bits per heavy atom. The molecule has 0 saturated heterocycles. The van der Waals surface area contributed by atoms with E-state index in [0.29, 0.717) is 18.3 Å². The van der Waals surface area contributed by atoms with Crippen molar-refractivity contribution in [2.45, 2.75) is 25.3 Å². The van der Waals surface area contributed by atoms with Gasteiger partial charge >= 0.3 is 0 Å². The Kier molecular flexibility index (Phi) is 4.87. The van der Waals surface area contributed by atoms with Gasteiger partial charge in [0.25, 0.3) is 0 Å². The summed E-state index contributed by atoms with van der Waals surface area (Å²) in [5.41, 5.74) is 7.25. The number of rotatable bonds is 6. The Morgan fingerprint density at radius 2 is 1.95 bits per heavy atom. The number of benzene rings is 1. The Labute approximate surface area is 119 Å². The van der Waals surface area contributed by atoms with E-state index in [9.17, 15) is 0 Å². The summed E-state index contributed by atoms with van der Waals surface area (Å²) in [6, 6.07) is 9.98. The van der Waals surface area contributed by atoms with E-state index in [1.807, 2.05) is 37.2 Å². The second-order valence-corrected chi connectivity index (χ2v) is 5.23. The molecule has 0 amide bonds. The Morgan fingerprint density at radius 1 is 1.25 bits per heavy atom. The first kappa shape index (κ1) is 14.7. The summed E-state index contributed by atoms with van der Waals surface area (Å²) in [6.45, 7) is 2.81. The molecule has 0 fully saturated rings. The summed E-state index contributed by atoms with van der Waals surface area (Å²) in [5, 5.41) is 4.03. The Hall–Kier alpha value is -1.72. The van der Waals surface area contributed by atoms with E-state index in [1.165, 1.54) is 5.56 Å². The number of hydrogen-bond donors (Lipinski definition) is 1. The molecule has 2 atom stereocenters. The lowest BCUT2D eigenvalue weighted by atomic mass is 9.96. The van der Waals surface area contributed by atoms with Crippen LogP contribution < -0.4 is 5.73 Å². The molecule has 0 spiro atoms. The van der Waals surface area contributed by atoms with Crippen molar-refractivity contribution in [2.75, 3.05) is 20.6 Å². The summed E-state index contributed by atoms with van der Waals surface area (Å²) >= 11 is 0. The third kappa shape index (κ3) is 3.43. The molecule has 0 saturated carbocycles. The molecule has 0 aliphatic heterocycles. The molecule has 5 nitrogen and oxygen atoms in total. The molecule has 5 heteroatoms. The van der Waals surface area contributed by atoms with Crippen LogP contribution >= 0.6 is 0 Å². The lowest BCUT2D eigenvalue weighted by Gasteiger charge is -2.13. The zero-order valence-corrected chi connectivity index (χ0v) is 12.3. The monoisotopic (exact) mass is 274 g/mol. The van der Waals surface area contributed by atoms with Crippen LogP contribution in [-0.4, -0.2) is 35.7 Å². The molecule has 1 aromatic heterocycles. The first-order valence-corrected chi connectivity index (χ1v) is 6.90. The van der Waals surface area contributed by atoms with Crippen molar-refractivity contribution in [1.82, 2.24) is 15.0 Å². The average Bonchev–Trinajstić information content (AvgIpc) is 2.90. The summed E-state index contributed by atoms with van der Waals surface area (Å²) < 4.78 is 5.42. The minimum atomic E-state index is -0.226. The molecule has 20 heavy (non-hydrogen) atoms. The molecule has 0 aliphatic carbocycles. The maximum Gasteiger partial charge on any atom is 0.234 e. The van der Waals surface area contributed by atoms with Gasteiger partial charge in [0.1, 0.15) is 0 Å². The largest absolute Gasteiger partial charge is 0.339 e. The van der Waals surface area contributed by atoms with Gasteiger partial charge in [-0.2, -0.15) is 4.98 Å². The van der Waals surface area contributed by atoms with E-state index in [-0.39, 0.29) is 12.0 Å². The number of nitrogens with two attached hydrogens (primary N) is 1. The molecule has 2 unspecified atom stereocenters. The zero-order valence-electron chi connectivity index (χ0n) is 12.3. The molecule has 2 rings (SSSR count). The van der Waals surface area contributed by atoms with E-state index in [4.69, 9.17) is 10.3 Å². The Bertz CT molecular complexity index is 524. The maximum atomic E-state index is 6.06. The van der Waals surface area contributed by atoms with Gasteiger partial charge < -0.3 is 15.2 Å². The van der Waals surface area contributed by atoms with Crippen LogP contribution in [0.2, 0.25) is 0 Å². The minimum Gasteiger partial charge on any atom is -0.339 e. The van der Waals surface area contributed by atoms with Crippen LogP contribution in [0.4, 0.5) is 0 Å². The van der Waals surface area contributed by atoms with Gasteiger partial charge in [0, 0.05) is 6.54 Å². The normalized spacial score (nSPS) is 14.4. The lowest BCUT2D eigenvalue weighted by Crippen LogP contribution is -2.26. The molecule has 0 aliphatic rings. The molecule has 1 heterocycles. The van der Waals surface area contributed by atoms with Crippen LogP contribution in [-0.2, 0) is 0 Å². The standard InChI is InChI=1S/C15H22N4O/c1-4-12(11-8-6-5-7-9-11)15-17-14(18-20-15)13(16)10-19(2)3/h5-9,12-13H,4,10,16H2,1-3H3. The van der Waals surface area contributed by atoms with E-state index >= 15 is 0 Å². The molecule has 0 bridgehead atoms. The van der Waals surface area contributed by atoms with Gasteiger partial charge in [-0.3, -0.25) is 0 Å².